The van der Waals surface area contributed by atoms with Crippen LogP contribution in [0.3, 0.4) is 0 Å². The molecule has 1 aliphatic heterocycles. The van der Waals surface area contributed by atoms with Gasteiger partial charge in [0.15, 0.2) is 5.43 Å². The van der Waals surface area contributed by atoms with E-state index in [4.69, 9.17) is 9.15 Å². The number of nitrogens with zero attached hydrogens (tertiary/aromatic N) is 2. The smallest absolute Gasteiger partial charge is 0.336 e. The first kappa shape index (κ1) is 25.7. The third-order valence-electron chi connectivity index (χ3n) is 6.87. The van der Waals surface area contributed by atoms with Gasteiger partial charge < -0.3 is 24.1 Å². The molecule has 2 aromatic carbocycles. The number of esters is 1. The van der Waals surface area contributed by atoms with E-state index in [-0.39, 0.29) is 28.8 Å². The Labute approximate surface area is 224 Å². The average Bonchev–Trinajstić information content (AvgIpc) is 3.43. The molecule has 0 spiro atoms. The number of imidazole rings is 1. The van der Waals surface area contributed by atoms with Crippen LogP contribution < -0.4 is 10.7 Å². The number of carbonyl (C=O) groups excluding carboxylic acids is 1. The molecular formula is C30H27N3O6. The summed E-state index contributed by atoms with van der Waals surface area (Å²) in [4.78, 5) is 43.5. The standard InChI is InChI=1S/C30H27N3O6/c1-17-26(34)22-11-7-10-21(28(22)39-27(17)20-8-5-4-6-9-20)25-23(29(35)36)18(2)32-19(3)24(25)30(37)38-15-14-33-13-12-31-16-33/h4-13,16,25,32H,14-15H2,1-3H3,(H,35,36). The molecule has 0 saturated carbocycles. The summed E-state index contributed by atoms with van der Waals surface area (Å²) in [6, 6.07) is 14.2. The maximum Gasteiger partial charge on any atom is 0.336 e. The van der Waals surface area contributed by atoms with Gasteiger partial charge in [0.05, 0.1) is 35.3 Å². The number of carboxylic acids is 1. The maximum absolute atomic E-state index is 13.5. The Morgan fingerprint density at radius 2 is 1.79 bits per heavy atom. The van der Waals surface area contributed by atoms with Crippen molar-refractivity contribution in [1.82, 2.24) is 14.9 Å². The predicted molar refractivity (Wildman–Crippen MR) is 145 cm³/mol. The molecule has 9 nitrogen and oxygen atoms in total. The Morgan fingerprint density at radius 3 is 2.49 bits per heavy atom. The van der Waals surface area contributed by atoms with Crippen molar-refractivity contribution in [2.24, 2.45) is 0 Å². The predicted octanol–water partition coefficient (Wildman–Crippen LogP) is 4.53. The van der Waals surface area contributed by atoms with Crippen molar-refractivity contribution < 1.29 is 23.8 Å². The highest BCUT2D eigenvalue weighted by Gasteiger charge is 2.39. The minimum absolute atomic E-state index is 0.0286. The van der Waals surface area contributed by atoms with Gasteiger partial charge in [-0.1, -0.05) is 42.5 Å². The highest BCUT2D eigenvalue weighted by Crippen LogP contribution is 2.42. The van der Waals surface area contributed by atoms with Crippen molar-refractivity contribution in [2.75, 3.05) is 6.61 Å². The van der Waals surface area contributed by atoms with E-state index in [2.05, 4.69) is 10.3 Å². The van der Waals surface area contributed by atoms with Gasteiger partial charge in [0.2, 0.25) is 0 Å². The van der Waals surface area contributed by atoms with Gasteiger partial charge in [-0.15, -0.1) is 0 Å². The zero-order chi connectivity index (χ0) is 27.7. The molecular weight excluding hydrogens is 498 g/mol. The van der Waals surface area contributed by atoms with Gasteiger partial charge in [0, 0.05) is 40.5 Å². The van der Waals surface area contributed by atoms with Crippen LogP contribution in [0, 0.1) is 6.92 Å². The molecule has 0 aliphatic carbocycles. The number of nitrogens with one attached hydrogen (secondary N) is 1. The van der Waals surface area contributed by atoms with Crippen LogP contribution in [-0.2, 0) is 20.9 Å². The van der Waals surface area contributed by atoms with E-state index in [1.807, 2.05) is 30.3 Å². The molecule has 1 unspecified atom stereocenters. The Kier molecular flexibility index (Phi) is 6.89. The summed E-state index contributed by atoms with van der Waals surface area (Å²) in [6.45, 7) is 5.49. The van der Waals surface area contributed by atoms with Gasteiger partial charge in [0.1, 0.15) is 18.0 Å². The first-order valence-corrected chi connectivity index (χ1v) is 12.4. The number of rotatable bonds is 7. The van der Waals surface area contributed by atoms with Crippen LogP contribution in [0.15, 0.2) is 99.0 Å². The van der Waals surface area contributed by atoms with Gasteiger partial charge >= 0.3 is 11.9 Å². The highest BCUT2D eigenvalue weighted by molar-refractivity contribution is 6.01. The molecule has 0 fully saturated rings. The lowest BCUT2D eigenvalue weighted by molar-refractivity contribution is -0.139. The van der Waals surface area contributed by atoms with E-state index in [0.717, 1.165) is 0 Å². The van der Waals surface area contributed by atoms with Crippen molar-refractivity contribution in [1.29, 1.82) is 0 Å². The fraction of sp³-hybridized carbons (Fsp3) is 0.200. The first-order chi connectivity index (χ1) is 18.8. The summed E-state index contributed by atoms with van der Waals surface area (Å²) >= 11 is 0. The molecule has 5 rings (SSSR count). The van der Waals surface area contributed by atoms with E-state index in [9.17, 15) is 19.5 Å². The molecule has 1 atom stereocenters. The largest absolute Gasteiger partial charge is 0.478 e. The van der Waals surface area contributed by atoms with E-state index in [0.29, 0.717) is 45.8 Å². The topological polar surface area (TPSA) is 124 Å². The summed E-state index contributed by atoms with van der Waals surface area (Å²) in [5, 5.41) is 13.6. The van der Waals surface area contributed by atoms with Crippen molar-refractivity contribution >= 4 is 22.9 Å². The van der Waals surface area contributed by atoms with Crippen LogP contribution in [0.2, 0.25) is 0 Å². The third kappa shape index (κ3) is 4.74. The number of allylic oxidation sites excluding steroid dienone is 2. The molecule has 2 N–H and O–H groups in total. The second kappa shape index (κ2) is 10.4. The highest BCUT2D eigenvalue weighted by atomic mass is 16.5. The van der Waals surface area contributed by atoms with E-state index >= 15 is 0 Å². The second-order valence-electron chi connectivity index (χ2n) is 9.35. The van der Waals surface area contributed by atoms with Crippen molar-refractivity contribution in [3.05, 3.63) is 111 Å². The molecule has 1 aliphatic rings. The number of hydrogen-bond acceptors (Lipinski definition) is 7. The lowest BCUT2D eigenvalue weighted by Gasteiger charge is -2.30. The number of dihydropyridines is 1. The number of ether oxygens (including phenoxy) is 1. The first-order valence-electron chi connectivity index (χ1n) is 12.4. The minimum Gasteiger partial charge on any atom is -0.478 e. The van der Waals surface area contributed by atoms with E-state index in [1.54, 1.807) is 62.3 Å². The van der Waals surface area contributed by atoms with Crippen LogP contribution in [-0.4, -0.2) is 33.2 Å². The Bertz CT molecular complexity index is 1700. The third-order valence-corrected chi connectivity index (χ3v) is 6.87. The molecule has 3 heterocycles. The van der Waals surface area contributed by atoms with Crippen molar-refractivity contribution in [3.8, 4) is 11.3 Å². The van der Waals surface area contributed by atoms with Crippen LogP contribution in [0.1, 0.15) is 30.9 Å². The molecule has 0 bridgehead atoms. The number of benzene rings is 2. The fourth-order valence-electron chi connectivity index (χ4n) is 5.02. The number of para-hydroxylation sites is 1. The van der Waals surface area contributed by atoms with E-state index < -0.39 is 17.9 Å². The maximum atomic E-state index is 13.5. The molecule has 9 heteroatoms. The lowest BCUT2D eigenvalue weighted by Crippen LogP contribution is -2.32. The minimum atomic E-state index is -1.20. The number of aromatic nitrogens is 2. The van der Waals surface area contributed by atoms with Crippen molar-refractivity contribution in [3.63, 3.8) is 0 Å². The van der Waals surface area contributed by atoms with Crippen LogP contribution in [0.25, 0.3) is 22.3 Å². The molecule has 0 saturated heterocycles. The normalized spacial score (nSPS) is 15.4. The molecule has 2 aromatic heterocycles. The zero-order valence-electron chi connectivity index (χ0n) is 21.7. The van der Waals surface area contributed by atoms with Crippen LogP contribution >= 0.6 is 0 Å². The molecule has 4 aromatic rings. The molecule has 39 heavy (non-hydrogen) atoms. The van der Waals surface area contributed by atoms with Crippen LogP contribution in [0.4, 0.5) is 0 Å². The Hall–Kier alpha value is -4.92. The monoisotopic (exact) mass is 525 g/mol. The molecule has 198 valence electrons. The summed E-state index contributed by atoms with van der Waals surface area (Å²) in [6.07, 6.45) is 4.99. The quantitative estimate of drug-likeness (QED) is 0.338. The summed E-state index contributed by atoms with van der Waals surface area (Å²) in [7, 11) is 0. The SMILES string of the molecule is CC1=C(C(=O)O)C(c2cccc3c(=O)c(C)c(-c4ccccc4)oc23)C(C(=O)OCCn2ccnc2)=C(C)N1. The van der Waals surface area contributed by atoms with Crippen molar-refractivity contribution in [2.45, 2.75) is 33.2 Å². The number of aliphatic carboxylic acids is 1. The Balaban J connectivity index is 1.67. The van der Waals surface area contributed by atoms with Gasteiger partial charge in [-0.05, 0) is 26.8 Å². The number of carbonyl (C=O) groups is 2. The van der Waals surface area contributed by atoms with E-state index in [1.165, 1.54) is 0 Å². The Morgan fingerprint density at radius 1 is 1.05 bits per heavy atom. The zero-order valence-corrected chi connectivity index (χ0v) is 21.7. The average molecular weight is 526 g/mol. The van der Waals surface area contributed by atoms with Crippen LogP contribution in [0.5, 0.6) is 0 Å². The second-order valence-corrected chi connectivity index (χ2v) is 9.35. The molecule has 0 amide bonds. The lowest BCUT2D eigenvalue weighted by atomic mass is 9.79. The fourth-order valence-corrected chi connectivity index (χ4v) is 5.02. The van der Waals surface area contributed by atoms with Gasteiger partial charge in [-0.3, -0.25) is 4.79 Å². The molecule has 0 radical (unpaired) electrons. The number of fused-ring (bicyclic) bond motifs is 1. The summed E-state index contributed by atoms with van der Waals surface area (Å²) < 4.78 is 13.7. The van der Waals surface area contributed by atoms with Gasteiger partial charge in [-0.25, -0.2) is 14.6 Å². The summed E-state index contributed by atoms with van der Waals surface area (Å²) in [5.41, 5.74) is 2.49. The number of hydrogen-bond donors (Lipinski definition) is 2. The van der Waals surface area contributed by atoms with Gasteiger partial charge in [0.25, 0.3) is 0 Å². The summed E-state index contributed by atoms with van der Waals surface area (Å²) in [5.74, 6) is -2.51. The number of carboxylic acid groups (broad SMARTS) is 1. The van der Waals surface area contributed by atoms with Gasteiger partial charge in [-0.2, -0.15) is 0 Å².